The largest absolute Gasteiger partial charge is 0.270 e. The molecule has 118 valence electrons. The molecule has 0 bridgehead atoms. The SMILES string of the molecule is CCCCON(C(=O)C(C)Cl)c1c(CC)cccc1CC. The van der Waals surface area contributed by atoms with Gasteiger partial charge in [0.05, 0.1) is 12.3 Å². The molecule has 0 spiro atoms. The van der Waals surface area contributed by atoms with Crippen LogP contribution in [0, 0.1) is 0 Å². The topological polar surface area (TPSA) is 29.5 Å². The summed E-state index contributed by atoms with van der Waals surface area (Å²) in [5.41, 5.74) is 3.09. The van der Waals surface area contributed by atoms with Crippen molar-refractivity contribution >= 4 is 23.2 Å². The molecule has 0 aromatic heterocycles. The summed E-state index contributed by atoms with van der Waals surface area (Å²) in [7, 11) is 0. The van der Waals surface area contributed by atoms with Gasteiger partial charge in [0, 0.05) is 0 Å². The molecule has 0 aliphatic rings. The van der Waals surface area contributed by atoms with Gasteiger partial charge in [-0.25, -0.2) is 0 Å². The first kappa shape index (κ1) is 18.0. The van der Waals surface area contributed by atoms with E-state index in [-0.39, 0.29) is 5.91 Å². The molecule has 0 aliphatic heterocycles. The highest BCUT2D eigenvalue weighted by Gasteiger charge is 2.25. The normalized spacial score (nSPS) is 12.2. The van der Waals surface area contributed by atoms with Gasteiger partial charge in [-0.05, 0) is 37.3 Å². The quantitative estimate of drug-likeness (QED) is 0.402. The third-order valence-corrected chi connectivity index (χ3v) is 3.61. The van der Waals surface area contributed by atoms with Gasteiger partial charge >= 0.3 is 0 Å². The lowest BCUT2D eigenvalue weighted by Crippen LogP contribution is -2.37. The lowest BCUT2D eigenvalue weighted by atomic mass is 10.0. The second-order valence-electron chi connectivity index (χ2n) is 5.07. The highest BCUT2D eigenvalue weighted by Crippen LogP contribution is 2.28. The average molecular weight is 312 g/mol. The van der Waals surface area contributed by atoms with Crippen molar-refractivity contribution in [2.24, 2.45) is 0 Å². The Labute approximate surface area is 133 Å². The van der Waals surface area contributed by atoms with Crippen molar-refractivity contribution in [3.05, 3.63) is 29.3 Å². The van der Waals surface area contributed by atoms with Crippen LogP contribution in [-0.2, 0) is 22.5 Å². The standard InChI is InChI=1S/C17H26ClNO2/c1-5-8-12-21-19(17(20)13(4)18)16-14(6-2)10-9-11-15(16)7-3/h9-11,13H,5-8,12H2,1-4H3. The highest BCUT2D eigenvalue weighted by atomic mass is 35.5. The number of rotatable bonds is 8. The summed E-state index contributed by atoms with van der Waals surface area (Å²) in [5.74, 6) is -0.205. The van der Waals surface area contributed by atoms with Crippen molar-refractivity contribution in [2.75, 3.05) is 11.7 Å². The van der Waals surface area contributed by atoms with Gasteiger partial charge in [0.25, 0.3) is 5.91 Å². The van der Waals surface area contributed by atoms with Crippen LogP contribution in [0.3, 0.4) is 0 Å². The second kappa shape index (κ2) is 9.06. The second-order valence-corrected chi connectivity index (χ2v) is 5.72. The van der Waals surface area contributed by atoms with Gasteiger partial charge in [-0.15, -0.1) is 11.6 Å². The van der Waals surface area contributed by atoms with Crippen LogP contribution in [0.15, 0.2) is 18.2 Å². The minimum atomic E-state index is -0.610. The van der Waals surface area contributed by atoms with Crippen molar-refractivity contribution in [1.82, 2.24) is 0 Å². The fraction of sp³-hybridized carbons (Fsp3) is 0.588. The number of para-hydroxylation sites is 1. The molecule has 0 radical (unpaired) electrons. The number of anilines is 1. The zero-order chi connectivity index (χ0) is 15.8. The number of hydrogen-bond acceptors (Lipinski definition) is 2. The van der Waals surface area contributed by atoms with Gasteiger partial charge < -0.3 is 0 Å². The number of benzene rings is 1. The van der Waals surface area contributed by atoms with Crippen molar-refractivity contribution in [3.63, 3.8) is 0 Å². The summed E-state index contributed by atoms with van der Waals surface area (Å²) in [6, 6.07) is 6.10. The molecular weight excluding hydrogens is 286 g/mol. The molecule has 1 unspecified atom stereocenters. The first-order chi connectivity index (χ1) is 10.1. The Balaban J connectivity index is 3.20. The van der Waals surface area contributed by atoms with Gasteiger partial charge in [0.1, 0.15) is 5.38 Å². The lowest BCUT2D eigenvalue weighted by molar-refractivity contribution is -0.125. The molecule has 21 heavy (non-hydrogen) atoms. The van der Waals surface area contributed by atoms with Crippen LogP contribution < -0.4 is 5.06 Å². The van der Waals surface area contributed by atoms with Gasteiger partial charge in [-0.2, -0.15) is 5.06 Å². The highest BCUT2D eigenvalue weighted by molar-refractivity contribution is 6.32. The third kappa shape index (κ3) is 4.72. The molecule has 0 saturated heterocycles. The predicted octanol–water partition coefficient (Wildman–Crippen LogP) is 4.50. The Hall–Kier alpha value is -1.06. The molecule has 1 aromatic carbocycles. The molecule has 1 aromatic rings. The maximum Gasteiger partial charge on any atom is 0.268 e. The van der Waals surface area contributed by atoms with Crippen LogP contribution in [-0.4, -0.2) is 17.9 Å². The van der Waals surface area contributed by atoms with Crippen LogP contribution >= 0.6 is 11.6 Å². The summed E-state index contributed by atoms with van der Waals surface area (Å²) in [5, 5.41) is 0.812. The Morgan fingerprint density at radius 1 is 1.24 bits per heavy atom. The van der Waals surface area contributed by atoms with E-state index >= 15 is 0 Å². The number of alkyl halides is 1. The number of hydrogen-bond donors (Lipinski definition) is 0. The molecule has 0 heterocycles. The first-order valence-corrected chi connectivity index (χ1v) is 8.22. The van der Waals surface area contributed by atoms with Gasteiger partial charge in [0.2, 0.25) is 0 Å². The Bertz CT molecular complexity index is 438. The molecular formula is C17H26ClNO2. The summed E-state index contributed by atoms with van der Waals surface area (Å²) in [6.07, 6.45) is 3.63. The van der Waals surface area contributed by atoms with Gasteiger partial charge in [-0.3, -0.25) is 9.63 Å². The Morgan fingerprint density at radius 3 is 2.24 bits per heavy atom. The van der Waals surface area contributed by atoms with E-state index in [1.165, 1.54) is 5.06 Å². The third-order valence-electron chi connectivity index (χ3n) is 3.43. The van der Waals surface area contributed by atoms with Crippen LogP contribution in [0.2, 0.25) is 0 Å². The molecule has 1 atom stereocenters. The fourth-order valence-corrected chi connectivity index (χ4v) is 2.26. The summed E-state index contributed by atoms with van der Waals surface area (Å²) in [6.45, 7) is 8.46. The molecule has 1 amide bonds. The predicted molar refractivity (Wildman–Crippen MR) is 88.9 cm³/mol. The Kier molecular flexibility index (Phi) is 7.76. The molecule has 1 rings (SSSR count). The average Bonchev–Trinajstić information content (AvgIpc) is 2.50. The number of carbonyl (C=O) groups is 1. The van der Waals surface area contributed by atoms with E-state index in [4.69, 9.17) is 16.4 Å². The summed E-state index contributed by atoms with van der Waals surface area (Å²) >= 11 is 6.01. The number of aryl methyl sites for hydroxylation is 2. The number of carbonyl (C=O) groups excluding carboxylic acids is 1. The minimum absolute atomic E-state index is 0.205. The fourth-order valence-electron chi connectivity index (χ4n) is 2.18. The van der Waals surface area contributed by atoms with Crippen LogP contribution in [0.1, 0.15) is 51.7 Å². The number of halogens is 1. The van der Waals surface area contributed by atoms with Crippen LogP contribution in [0.5, 0.6) is 0 Å². The zero-order valence-electron chi connectivity index (χ0n) is 13.5. The number of unbranched alkanes of at least 4 members (excludes halogenated alkanes) is 1. The maximum absolute atomic E-state index is 12.4. The summed E-state index contributed by atoms with van der Waals surface area (Å²) < 4.78 is 0. The van der Waals surface area contributed by atoms with E-state index in [0.29, 0.717) is 6.61 Å². The lowest BCUT2D eigenvalue weighted by Gasteiger charge is -2.27. The van der Waals surface area contributed by atoms with Crippen molar-refractivity contribution in [2.45, 2.75) is 58.8 Å². The minimum Gasteiger partial charge on any atom is -0.270 e. The van der Waals surface area contributed by atoms with Gasteiger partial charge in [-0.1, -0.05) is 45.4 Å². The number of amides is 1. The number of nitrogens with zero attached hydrogens (tertiary/aromatic N) is 1. The van der Waals surface area contributed by atoms with E-state index in [2.05, 4.69) is 20.8 Å². The van der Waals surface area contributed by atoms with E-state index in [1.54, 1.807) is 6.92 Å². The monoisotopic (exact) mass is 311 g/mol. The molecule has 4 heteroatoms. The molecule has 0 saturated carbocycles. The van der Waals surface area contributed by atoms with Crippen LogP contribution in [0.25, 0.3) is 0 Å². The molecule has 3 nitrogen and oxygen atoms in total. The van der Waals surface area contributed by atoms with Crippen molar-refractivity contribution in [1.29, 1.82) is 0 Å². The maximum atomic E-state index is 12.4. The van der Waals surface area contributed by atoms with E-state index in [1.807, 2.05) is 18.2 Å². The Morgan fingerprint density at radius 2 is 1.81 bits per heavy atom. The molecule has 0 fully saturated rings. The first-order valence-electron chi connectivity index (χ1n) is 7.78. The van der Waals surface area contributed by atoms with E-state index in [0.717, 1.165) is 42.5 Å². The van der Waals surface area contributed by atoms with E-state index < -0.39 is 5.38 Å². The number of hydroxylamine groups is 1. The molecule has 0 aliphatic carbocycles. The zero-order valence-corrected chi connectivity index (χ0v) is 14.2. The van der Waals surface area contributed by atoms with Crippen molar-refractivity contribution in [3.8, 4) is 0 Å². The van der Waals surface area contributed by atoms with Gasteiger partial charge in [0.15, 0.2) is 0 Å². The smallest absolute Gasteiger partial charge is 0.268 e. The van der Waals surface area contributed by atoms with Crippen LogP contribution in [0.4, 0.5) is 5.69 Å². The van der Waals surface area contributed by atoms with E-state index in [9.17, 15) is 4.79 Å². The van der Waals surface area contributed by atoms with Crippen molar-refractivity contribution < 1.29 is 9.63 Å². The molecule has 0 N–H and O–H groups in total. The summed E-state index contributed by atoms with van der Waals surface area (Å²) in [4.78, 5) is 18.2.